The van der Waals surface area contributed by atoms with E-state index in [9.17, 15) is 0 Å². The number of unbranched alkanes of at least 4 members (excludes halogenated alkanes) is 3. The molecule has 0 fully saturated rings. The van der Waals surface area contributed by atoms with E-state index in [0.717, 1.165) is 18.6 Å². The van der Waals surface area contributed by atoms with Crippen LogP contribution in [0, 0.1) is 6.92 Å². The minimum absolute atomic E-state index is 0.932. The molecule has 0 aliphatic carbocycles. The maximum absolute atomic E-state index is 7.00. The summed E-state index contributed by atoms with van der Waals surface area (Å²) in [6, 6.07) is 6.15. The number of halogens is 1. The zero-order valence-electron chi connectivity index (χ0n) is 10.6. The van der Waals surface area contributed by atoms with Gasteiger partial charge in [0.15, 0.2) is 0 Å². The number of hydrogen-bond acceptors (Lipinski definition) is 1. The minimum atomic E-state index is 0.932. The fourth-order valence-electron chi connectivity index (χ4n) is 1.71. The van der Waals surface area contributed by atoms with Gasteiger partial charge in [-0.3, -0.25) is 0 Å². The summed E-state index contributed by atoms with van der Waals surface area (Å²) in [5.41, 5.74) is 2.67. The predicted molar refractivity (Wildman–Crippen MR) is 72.2 cm³/mol. The van der Waals surface area contributed by atoms with Gasteiger partial charge < -0.3 is 5.11 Å². The molecule has 1 rings (SSSR count). The molecule has 0 unspecified atom stereocenters. The van der Waals surface area contributed by atoms with Crippen molar-refractivity contribution < 1.29 is 5.11 Å². The van der Waals surface area contributed by atoms with Gasteiger partial charge in [0.2, 0.25) is 0 Å². The van der Waals surface area contributed by atoms with Gasteiger partial charge in [0.1, 0.15) is 0 Å². The summed E-state index contributed by atoms with van der Waals surface area (Å²) in [6.45, 7) is 4.38. The maximum atomic E-state index is 7.00. The Bertz CT molecular complexity index is 264. The average Bonchev–Trinajstić information content (AvgIpc) is 2.30. The molecule has 0 aliphatic heterocycles. The molecule has 0 spiro atoms. The first kappa shape index (κ1) is 15.5. The van der Waals surface area contributed by atoms with Crippen molar-refractivity contribution in [2.24, 2.45) is 0 Å². The summed E-state index contributed by atoms with van der Waals surface area (Å²) in [6.07, 6.45) is 6.34. The van der Waals surface area contributed by atoms with Gasteiger partial charge in [-0.15, -0.1) is 0 Å². The molecule has 1 aromatic carbocycles. The van der Waals surface area contributed by atoms with Crippen molar-refractivity contribution in [2.75, 3.05) is 7.11 Å². The molecular weight excluding hydrogens is 220 g/mol. The molecule has 1 nitrogen and oxygen atoms in total. The molecule has 0 saturated carbocycles. The number of aliphatic hydroxyl groups is 1. The van der Waals surface area contributed by atoms with Gasteiger partial charge in [0, 0.05) is 12.1 Å². The van der Waals surface area contributed by atoms with Crippen LogP contribution in [0.1, 0.15) is 43.7 Å². The zero-order chi connectivity index (χ0) is 12.4. The first-order valence-electron chi connectivity index (χ1n) is 5.94. The Hall–Kier alpha value is -0.530. The van der Waals surface area contributed by atoms with Crippen LogP contribution < -0.4 is 0 Å². The monoisotopic (exact) mass is 242 g/mol. The van der Waals surface area contributed by atoms with Crippen molar-refractivity contribution >= 4 is 11.6 Å². The van der Waals surface area contributed by atoms with Gasteiger partial charge in [-0.1, -0.05) is 49.9 Å². The fourth-order valence-corrected chi connectivity index (χ4v) is 2.03. The van der Waals surface area contributed by atoms with E-state index in [1.165, 1.54) is 36.8 Å². The second-order valence-corrected chi connectivity index (χ2v) is 4.25. The van der Waals surface area contributed by atoms with Gasteiger partial charge >= 0.3 is 0 Å². The second kappa shape index (κ2) is 9.68. The van der Waals surface area contributed by atoms with E-state index in [2.05, 4.69) is 19.9 Å². The van der Waals surface area contributed by atoms with Crippen LogP contribution in [0.3, 0.4) is 0 Å². The van der Waals surface area contributed by atoms with Crippen molar-refractivity contribution in [3.63, 3.8) is 0 Å². The molecule has 0 aromatic heterocycles. The van der Waals surface area contributed by atoms with Gasteiger partial charge in [-0.25, -0.2) is 0 Å². The Balaban J connectivity index is 0.00000106. The lowest BCUT2D eigenvalue weighted by atomic mass is 10.0. The molecular formula is C14H23ClO. The summed E-state index contributed by atoms with van der Waals surface area (Å²) in [5, 5.41) is 7.93. The summed E-state index contributed by atoms with van der Waals surface area (Å²) >= 11 is 6.14. The van der Waals surface area contributed by atoms with Crippen molar-refractivity contribution in [1.82, 2.24) is 0 Å². The number of aryl methyl sites for hydroxylation is 1. The van der Waals surface area contributed by atoms with Crippen LogP contribution in [-0.4, -0.2) is 12.2 Å². The van der Waals surface area contributed by atoms with Crippen molar-refractivity contribution in [1.29, 1.82) is 0 Å². The summed E-state index contributed by atoms with van der Waals surface area (Å²) in [5.74, 6) is 0. The highest BCUT2D eigenvalue weighted by atomic mass is 35.5. The van der Waals surface area contributed by atoms with Gasteiger partial charge in [-0.05, 0) is 37.0 Å². The molecule has 0 radical (unpaired) electrons. The van der Waals surface area contributed by atoms with E-state index in [0.29, 0.717) is 0 Å². The predicted octanol–water partition coefficient (Wildman–Crippen LogP) is 4.38. The summed E-state index contributed by atoms with van der Waals surface area (Å²) in [7, 11) is 1.00. The summed E-state index contributed by atoms with van der Waals surface area (Å²) < 4.78 is 0. The summed E-state index contributed by atoms with van der Waals surface area (Å²) in [4.78, 5) is 0. The fraction of sp³-hybridized carbons (Fsp3) is 0.571. The molecule has 0 heterocycles. The highest BCUT2D eigenvalue weighted by Gasteiger charge is 2.02. The Labute approximate surface area is 104 Å². The molecule has 2 heteroatoms. The van der Waals surface area contributed by atoms with E-state index in [4.69, 9.17) is 16.7 Å². The standard InChI is InChI=1S/C13H19Cl.CH4O/c1-3-4-5-6-9-12-11(2)8-7-10-13(12)14;1-2/h7-8,10H,3-6,9H2,1-2H3;2H,1H3. The Morgan fingerprint density at radius 3 is 2.38 bits per heavy atom. The molecule has 1 N–H and O–H groups in total. The number of hydrogen-bond donors (Lipinski definition) is 1. The molecule has 0 amide bonds. The SMILES string of the molecule is CCCCCCc1c(C)cccc1Cl.CO. The van der Waals surface area contributed by atoms with E-state index in [-0.39, 0.29) is 0 Å². The van der Waals surface area contributed by atoms with E-state index in [1.54, 1.807) is 0 Å². The van der Waals surface area contributed by atoms with Crippen LogP contribution in [0.25, 0.3) is 0 Å². The van der Waals surface area contributed by atoms with Crippen LogP contribution in [0.2, 0.25) is 5.02 Å². The van der Waals surface area contributed by atoms with Crippen molar-refractivity contribution in [3.8, 4) is 0 Å². The Morgan fingerprint density at radius 2 is 1.81 bits per heavy atom. The number of aliphatic hydroxyl groups excluding tert-OH is 1. The number of rotatable bonds is 5. The quantitative estimate of drug-likeness (QED) is 0.760. The Morgan fingerprint density at radius 1 is 1.12 bits per heavy atom. The van der Waals surface area contributed by atoms with Crippen molar-refractivity contribution in [3.05, 3.63) is 34.3 Å². The average molecular weight is 243 g/mol. The van der Waals surface area contributed by atoms with E-state index >= 15 is 0 Å². The Kier molecular flexibility index (Phi) is 9.36. The first-order chi connectivity index (χ1) is 7.75. The third-order valence-corrected chi connectivity index (χ3v) is 2.99. The molecule has 0 atom stereocenters. The molecule has 0 saturated heterocycles. The van der Waals surface area contributed by atoms with Crippen LogP contribution in [0.5, 0.6) is 0 Å². The van der Waals surface area contributed by atoms with Gasteiger partial charge in [0.25, 0.3) is 0 Å². The van der Waals surface area contributed by atoms with Gasteiger partial charge in [-0.2, -0.15) is 0 Å². The van der Waals surface area contributed by atoms with E-state index in [1.807, 2.05) is 12.1 Å². The topological polar surface area (TPSA) is 20.2 Å². The lowest BCUT2D eigenvalue weighted by Crippen LogP contribution is -1.91. The molecule has 16 heavy (non-hydrogen) atoms. The van der Waals surface area contributed by atoms with Crippen LogP contribution >= 0.6 is 11.6 Å². The third-order valence-electron chi connectivity index (χ3n) is 2.63. The molecule has 92 valence electrons. The first-order valence-corrected chi connectivity index (χ1v) is 6.32. The molecule has 1 aromatic rings. The minimum Gasteiger partial charge on any atom is -0.400 e. The third kappa shape index (κ3) is 5.53. The number of benzene rings is 1. The molecule has 0 bridgehead atoms. The zero-order valence-corrected chi connectivity index (χ0v) is 11.3. The highest BCUT2D eigenvalue weighted by Crippen LogP contribution is 2.21. The second-order valence-electron chi connectivity index (χ2n) is 3.85. The van der Waals surface area contributed by atoms with Crippen molar-refractivity contribution in [2.45, 2.75) is 46.0 Å². The highest BCUT2D eigenvalue weighted by molar-refractivity contribution is 6.31. The maximum Gasteiger partial charge on any atom is 0.0440 e. The smallest absolute Gasteiger partial charge is 0.0440 e. The molecule has 0 aliphatic rings. The largest absolute Gasteiger partial charge is 0.400 e. The lowest BCUT2D eigenvalue weighted by Gasteiger charge is -2.07. The van der Waals surface area contributed by atoms with Crippen LogP contribution in [-0.2, 0) is 6.42 Å². The lowest BCUT2D eigenvalue weighted by molar-refractivity contribution is 0.399. The van der Waals surface area contributed by atoms with Crippen LogP contribution in [0.4, 0.5) is 0 Å². The normalized spacial score (nSPS) is 9.56. The van der Waals surface area contributed by atoms with Gasteiger partial charge in [0.05, 0.1) is 0 Å². The van der Waals surface area contributed by atoms with Crippen LogP contribution in [0.15, 0.2) is 18.2 Å². The van der Waals surface area contributed by atoms with E-state index < -0.39 is 0 Å².